The van der Waals surface area contributed by atoms with E-state index >= 15 is 0 Å². The van der Waals surface area contributed by atoms with Gasteiger partial charge in [-0.05, 0) is 24.5 Å². The fourth-order valence-electron chi connectivity index (χ4n) is 2.19. The summed E-state index contributed by atoms with van der Waals surface area (Å²) in [6, 6.07) is 9.95. The van der Waals surface area contributed by atoms with Crippen LogP contribution in [0.1, 0.15) is 31.0 Å². The van der Waals surface area contributed by atoms with Gasteiger partial charge in [-0.1, -0.05) is 31.2 Å². The van der Waals surface area contributed by atoms with Gasteiger partial charge in [0.05, 0.1) is 0 Å². The maximum atomic E-state index is 3.56. The van der Waals surface area contributed by atoms with Crippen molar-refractivity contribution in [3.05, 3.63) is 35.4 Å². The number of hydrogen-bond acceptors (Lipinski definition) is 2. The topological polar surface area (TPSA) is 24.1 Å². The van der Waals surface area contributed by atoms with E-state index in [-0.39, 0.29) is 0 Å². The van der Waals surface area contributed by atoms with E-state index in [0.29, 0.717) is 12.1 Å². The number of benzene rings is 1. The fraction of sp³-hybridized carbons (Fsp3) is 0.538. The minimum atomic E-state index is 0.463. The molecule has 1 fully saturated rings. The van der Waals surface area contributed by atoms with Crippen LogP contribution in [0.5, 0.6) is 0 Å². The quantitative estimate of drug-likeness (QED) is 0.768. The molecule has 0 radical (unpaired) electrons. The zero-order chi connectivity index (χ0) is 10.7. The van der Waals surface area contributed by atoms with Crippen molar-refractivity contribution >= 4 is 0 Å². The molecule has 0 aromatic heterocycles. The lowest BCUT2D eigenvalue weighted by Gasteiger charge is -2.31. The highest BCUT2D eigenvalue weighted by molar-refractivity contribution is 5.26. The molecule has 2 N–H and O–H groups in total. The van der Waals surface area contributed by atoms with E-state index in [4.69, 9.17) is 0 Å². The van der Waals surface area contributed by atoms with Gasteiger partial charge in [-0.25, -0.2) is 0 Å². The molecule has 0 bridgehead atoms. The summed E-state index contributed by atoms with van der Waals surface area (Å²) in [5, 5.41) is 7.06. The number of aryl methyl sites for hydroxylation is 1. The van der Waals surface area contributed by atoms with Crippen LogP contribution in [0.25, 0.3) is 0 Å². The Morgan fingerprint density at radius 2 is 1.80 bits per heavy atom. The largest absolute Gasteiger partial charge is 0.311 e. The molecule has 0 amide bonds. The summed E-state index contributed by atoms with van der Waals surface area (Å²) in [4.78, 5) is 0. The highest BCUT2D eigenvalue weighted by atomic mass is 15.1. The maximum Gasteiger partial charge on any atom is 0.0473 e. The molecule has 1 aliphatic heterocycles. The van der Waals surface area contributed by atoms with Crippen molar-refractivity contribution in [2.45, 2.75) is 32.4 Å². The lowest BCUT2D eigenvalue weighted by Crippen LogP contribution is -2.48. The molecule has 0 spiro atoms. The van der Waals surface area contributed by atoms with Gasteiger partial charge in [0, 0.05) is 25.2 Å². The molecule has 2 atom stereocenters. The molecule has 2 nitrogen and oxygen atoms in total. The van der Waals surface area contributed by atoms with Gasteiger partial charge < -0.3 is 10.6 Å². The van der Waals surface area contributed by atoms with Crippen LogP contribution in [0.4, 0.5) is 0 Å². The third-order valence-electron chi connectivity index (χ3n) is 3.20. The SMILES string of the molecule is CCc1ccc(C2NCCNC2C)cc1. The molecular formula is C13H20N2. The van der Waals surface area contributed by atoms with Crippen molar-refractivity contribution < 1.29 is 0 Å². The maximum absolute atomic E-state index is 3.56. The minimum Gasteiger partial charge on any atom is -0.311 e. The normalized spacial score (nSPS) is 26.5. The van der Waals surface area contributed by atoms with Crippen LogP contribution in [0.15, 0.2) is 24.3 Å². The second-order valence-corrected chi connectivity index (χ2v) is 4.27. The molecule has 1 aromatic rings. The molecule has 0 saturated carbocycles. The van der Waals surface area contributed by atoms with E-state index < -0.39 is 0 Å². The highest BCUT2D eigenvalue weighted by Gasteiger charge is 2.21. The lowest BCUT2D eigenvalue weighted by atomic mass is 9.97. The zero-order valence-electron chi connectivity index (χ0n) is 9.59. The molecule has 1 aliphatic rings. The second kappa shape index (κ2) is 4.77. The average molecular weight is 204 g/mol. The molecule has 82 valence electrons. The first-order valence-corrected chi connectivity index (χ1v) is 5.87. The Hall–Kier alpha value is -0.860. The van der Waals surface area contributed by atoms with Crippen LogP contribution in [-0.2, 0) is 6.42 Å². The molecule has 2 rings (SSSR count). The number of hydrogen-bond donors (Lipinski definition) is 2. The fourth-order valence-corrected chi connectivity index (χ4v) is 2.19. The lowest BCUT2D eigenvalue weighted by molar-refractivity contribution is 0.345. The van der Waals surface area contributed by atoms with E-state index in [0.717, 1.165) is 19.5 Å². The van der Waals surface area contributed by atoms with Crippen molar-refractivity contribution in [3.63, 3.8) is 0 Å². The molecule has 1 heterocycles. The van der Waals surface area contributed by atoms with Crippen molar-refractivity contribution in [1.29, 1.82) is 0 Å². The van der Waals surface area contributed by atoms with E-state index in [1.54, 1.807) is 0 Å². The van der Waals surface area contributed by atoms with E-state index in [1.807, 2.05) is 0 Å². The van der Waals surface area contributed by atoms with Gasteiger partial charge in [0.15, 0.2) is 0 Å². The Bertz CT molecular complexity index is 305. The van der Waals surface area contributed by atoms with E-state index in [9.17, 15) is 0 Å². The van der Waals surface area contributed by atoms with Crippen molar-refractivity contribution in [1.82, 2.24) is 10.6 Å². The minimum absolute atomic E-state index is 0.463. The molecule has 1 saturated heterocycles. The molecule has 2 heteroatoms. The summed E-state index contributed by atoms with van der Waals surface area (Å²) < 4.78 is 0. The van der Waals surface area contributed by atoms with Crippen LogP contribution < -0.4 is 10.6 Å². The van der Waals surface area contributed by atoms with E-state index in [2.05, 4.69) is 48.7 Å². The van der Waals surface area contributed by atoms with Gasteiger partial charge in [-0.3, -0.25) is 0 Å². The smallest absolute Gasteiger partial charge is 0.0473 e. The molecule has 15 heavy (non-hydrogen) atoms. The van der Waals surface area contributed by atoms with Gasteiger partial charge in [-0.2, -0.15) is 0 Å². The Labute approximate surface area is 92.1 Å². The molecule has 1 aromatic carbocycles. The summed E-state index contributed by atoms with van der Waals surface area (Å²) in [6.45, 7) is 6.57. The average Bonchev–Trinajstić information content (AvgIpc) is 2.30. The summed E-state index contributed by atoms with van der Waals surface area (Å²) in [7, 11) is 0. The second-order valence-electron chi connectivity index (χ2n) is 4.27. The monoisotopic (exact) mass is 204 g/mol. The Morgan fingerprint density at radius 3 is 2.40 bits per heavy atom. The summed E-state index contributed by atoms with van der Waals surface area (Å²) in [5.41, 5.74) is 2.81. The standard InChI is InChI=1S/C13H20N2/c1-3-11-4-6-12(7-5-11)13-10(2)14-8-9-15-13/h4-7,10,13-15H,3,8-9H2,1-2H3. The number of rotatable bonds is 2. The van der Waals surface area contributed by atoms with E-state index in [1.165, 1.54) is 11.1 Å². The van der Waals surface area contributed by atoms with Crippen LogP contribution in [0.2, 0.25) is 0 Å². The van der Waals surface area contributed by atoms with Crippen LogP contribution in [-0.4, -0.2) is 19.1 Å². The highest BCUT2D eigenvalue weighted by Crippen LogP contribution is 2.19. The first kappa shape index (κ1) is 10.7. The van der Waals surface area contributed by atoms with Crippen molar-refractivity contribution in [2.24, 2.45) is 0 Å². The molecule has 0 aliphatic carbocycles. The van der Waals surface area contributed by atoms with Crippen molar-refractivity contribution in [3.8, 4) is 0 Å². The van der Waals surface area contributed by atoms with Crippen LogP contribution in [0, 0.1) is 0 Å². The first-order valence-electron chi connectivity index (χ1n) is 5.87. The summed E-state index contributed by atoms with van der Waals surface area (Å²) in [6.07, 6.45) is 1.12. The Balaban J connectivity index is 2.13. The Morgan fingerprint density at radius 1 is 1.13 bits per heavy atom. The predicted molar refractivity (Wildman–Crippen MR) is 64.0 cm³/mol. The predicted octanol–water partition coefficient (Wildman–Crippen LogP) is 1.87. The van der Waals surface area contributed by atoms with Gasteiger partial charge >= 0.3 is 0 Å². The van der Waals surface area contributed by atoms with Crippen LogP contribution in [0.3, 0.4) is 0 Å². The summed E-state index contributed by atoms with van der Waals surface area (Å²) in [5.74, 6) is 0. The Kier molecular flexibility index (Phi) is 3.39. The van der Waals surface area contributed by atoms with Gasteiger partial charge in [-0.15, -0.1) is 0 Å². The van der Waals surface area contributed by atoms with Gasteiger partial charge in [0.1, 0.15) is 0 Å². The third-order valence-corrected chi connectivity index (χ3v) is 3.20. The number of piperazine rings is 1. The summed E-state index contributed by atoms with van der Waals surface area (Å²) >= 11 is 0. The third kappa shape index (κ3) is 2.39. The molecular weight excluding hydrogens is 184 g/mol. The molecule has 2 unspecified atom stereocenters. The zero-order valence-corrected chi connectivity index (χ0v) is 9.59. The van der Waals surface area contributed by atoms with Crippen LogP contribution >= 0.6 is 0 Å². The first-order chi connectivity index (χ1) is 7.31. The van der Waals surface area contributed by atoms with Crippen molar-refractivity contribution in [2.75, 3.05) is 13.1 Å². The van der Waals surface area contributed by atoms with Gasteiger partial charge in [0.25, 0.3) is 0 Å². The number of nitrogens with one attached hydrogen (secondary N) is 2. The van der Waals surface area contributed by atoms with Gasteiger partial charge in [0.2, 0.25) is 0 Å².